The Bertz CT molecular complexity index is 674. The molecule has 0 radical (unpaired) electrons. The number of fused-ring (bicyclic) bond motifs is 1. The third kappa shape index (κ3) is 4.30. The standard InChI is InChI=1S/C18H25N3OS/c1-3-4-17(22)20-18-19-15-6-5-14(11-16(15)23-18)12-21-9-7-13(2)8-10-21/h5-6,11,13H,3-4,7-10,12H2,1-2H3,(H,19,20,22). The van der Waals surface area contributed by atoms with E-state index in [0.717, 1.165) is 29.1 Å². The zero-order chi connectivity index (χ0) is 16.2. The number of likely N-dealkylation sites (tertiary alicyclic amines) is 1. The first-order valence-electron chi connectivity index (χ1n) is 8.55. The summed E-state index contributed by atoms with van der Waals surface area (Å²) in [5.41, 5.74) is 2.31. The molecule has 1 fully saturated rings. The fourth-order valence-electron chi connectivity index (χ4n) is 3.01. The Morgan fingerprint density at radius 2 is 2.17 bits per heavy atom. The van der Waals surface area contributed by atoms with Gasteiger partial charge in [0.2, 0.25) is 5.91 Å². The summed E-state index contributed by atoms with van der Waals surface area (Å²) < 4.78 is 1.15. The molecular formula is C18H25N3OS. The van der Waals surface area contributed by atoms with Gasteiger partial charge in [0.25, 0.3) is 0 Å². The van der Waals surface area contributed by atoms with Crippen LogP contribution < -0.4 is 5.32 Å². The van der Waals surface area contributed by atoms with Crippen molar-refractivity contribution in [3.05, 3.63) is 23.8 Å². The lowest BCUT2D eigenvalue weighted by molar-refractivity contribution is -0.116. The number of aromatic nitrogens is 1. The minimum Gasteiger partial charge on any atom is -0.302 e. The van der Waals surface area contributed by atoms with E-state index in [9.17, 15) is 4.79 Å². The number of nitrogens with zero attached hydrogens (tertiary/aromatic N) is 2. The predicted molar refractivity (Wildman–Crippen MR) is 96.8 cm³/mol. The number of hydrogen-bond acceptors (Lipinski definition) is 4. The van der Waals surface area contributed by atoms with Crippen molar-refractivity contribution in [2.45, 2.75) is 46.1 Å². The lowest BCUT2D eigenvalue weighted by atomic mass is 9.99. The lowest BCUT2D eigenvalue weighted by Gasteiger charge is -2.30. The van der Waals surface area contributed by atoms with Crippen LogP contribution in [0.25, 0.3) is 10.2 Å². The zero-order valence-electron chi connectivity index (χ0n) is 14.0. The van der Waals surface area contributed by atoms with Crippen molar-refractivity contribution in [3.8, 4) is 0 Å². The van der Waals surface area contributed by atoms with Gasteiger partial charge in [0.05, 0.1) is 10.2 Å². The fourth-order valence-corrected chi connectivity index (χ4v) is 3.95. The predicted octanol–water partition coefficient (Wildman–Crippen LogP) is 4.27. The number of hydrogen-bond donors (Lipinski definition) is 1. The Balaban J connectivity index is 1.68. The van der Waals surface area contributed by atoms with Crippen molar-refractivity contribution in [1.82, 2.24) is 9.88 Å². The number of benzene rings is 1. The molecule has 1 aliphatic rings. The summed E-state index contributed by atoms with van der Waals surface area (Å²) in [7, 11) is 0. The lowest BCUT2D eigenvalue weighted by Crippen LogP contribution is -2.32. The minimum atomic E-state index is 0.0502. The molecule has 1 aromatic heterocycles. The van der Waals surface area contributed by atoms with Crippen molar-refractivity contribution in [2.75, 3.05) is 18.4 Å². The third-order valence-electron chi connectivity index (χ3n) is 4.46. The maximum atomic E-state index is 11.7. The first kappa shape index (κ1) is 16.4. The van der Waals surface area contributed by atoms with Crippen LogP contribution in [0.5, 0.6) is 0 Å². The number of nitrogens with one attached hydrogen (secondary N) is 1. The van der Waals surface area contributed by atoms with E-state index in [4.69, 9.17) is 0 Å². The molecule has 0 bridgehead atoms. The molecule has 124 valence electrons. The van der Waals surface area contributed by atoms with Gasteiger partial charge in [-0.25, -0.2) is 4.98 Å². The highest BCUT2D eigenvalue weighted by atomic mass is 32.1. The van der Waals surface area contributed by atoms with Crippen LogP contribution in [-0.4, -0.2) is 28.9 Å². The van der Waals surface area contributed by atoms with E-state index in [1.54, 1.807) is 11.3 Å². The number of carbonyl (C=O) groups is 1. The van der Waals surface area contributed by atoms with Crippen LogP contribution in [0.15, 0.2) is 18.2 Å². The highest BCUT2D eigenvalue weighted by Crippen LogP contribution is 2.28. The van der Waals surface area contributed by atoms with Crippen molar-refractivity contribution >= 4 is 32.6 Å². The molecule has 1 aliphatic heterocycles. The number of rotatable bonds is 5. The molecule has 0 atom stereocenters. The molecule has 23 heavy (non-hydrogen) atoms. The number of amides is 1. The maximum Gasteiger partial charge on any atom is 0.226 e. The quantitative estimate of drug-likeness (QED) is 0.890. The largest absolute Gasteiger partial charge is 0.302 e. The molecule has 1 saturated heterocycles. The monoisotopic (exact) mass is 331 g/mol. The van der Waals surface area contributed by atoms with Crippen molar-refractivity contribution in [3.63, 3.8) is 0 Å². The first-order chi connectivity index (χ1) is 11.1. The van der Waals surface area contributed by atoms with Gasteiger partial charge in [-0.1, -0.05) is 31.3 Å². The van der Waals surface area contributed by atoms with Gasteiger partial charge in [-0.05, 0) is 56.0 Å². The van der Waals surface area contributed by atoms with Crippen LogP contribution in [-0.2, 0) is 11.3 Å². The van der Waals surface area contributed by atoms with Crippen LogP contribution in [0.2, 0.25) is 0 Å². The Hall–Kier alpha value is -1.46. The van der Waals surface area contributed by atoms with Crippen LogP contribution in [0.3, 0.4) is 0 Å². The Morgan fingerprint density at radius 1 is 1.39 bits per heavy atom. The molecule has 0 unspecified atom stereocenters. The molecule has 1 amide bonds. The molecule has 0 saturated carbocycles. The Labute approximate surface area is 141 Å². The fraction of sp³-hybridized carbons (Fsp3) is 0.556. The highest BCUT2D eigenvalue weighted by molar-refractivity contribution is 7.22. The molecular weight excluding hydrogens is 306 g/mol. The van der Waals surface area contributed by atoms with Gasteiger partial charge in [0, 0.05) is 13.0 Å². The molecule has 0 spiro atoms. The van der Waals surface area contributed by atoms with E-state index >= 15 is 0 Å². The summed E-state index contributed by atoms with van der Waals surface area (Å²) >= 11 is 1.57. The Morgan fingerprint density at radius 3 is 2.91 bits per heavy atom. The van der Waals surface area contributed by atoms with Gasteiger partial charge in [0.15, 0.2) is 5.13 Å². The van der Waals surface area contributed by atoms with Gasteiger partial charge in [0.1, 0.15) is 0 Å². The van der Waals surface area contributed by atoms with Crippen LogP contribution in [0.1, 0.15) is 45.1 Å². The molecule has 1 N–H and O–H groups in total. The summed E-state index contributed by atoms with van der Waals surface area (Å²) in [5, 5.41) is 3.61. The van der Waals surface area contributed by atoms with Crippen molar-refractivity contribution in [2.24, 2.45) is 5.92 Å². The molecule has 4 nitrogen and oxygen atoms in total. The number of thiazole rings is 1. The molecule has 0 aliphatic carbocycles. The third-order valence-corrected chi connectivity index (χ3v) is 5.39. The smallest absolute Gasteiger partial charge is 0.226 e. The summed E-state index contributed by atoms with van der Waals surface area (Å²) in [5.74, 6) is 0.915. The topological polar surface area (TPSA) is 45.2 Å². The summed E-state index contributed by atoms with van der Waals surface area (Å²) in [6.45, 7) is 7.75. The first-order valence-corrected chi connectivity index (χ1v) is 9.37. The van der Waals surface area contributed by atoms with E-state index in [1.807, 2.05) is 6.92 Å². The van der Waals surface area contributed by atoms with Gasteiger partial charge in [-0.2, -0.15) is 0 Å². The van der Waals surface area contributed by atoms with Crippen LogP contribution in [0, 0.1) is 5.92 Å². The van der Waals surface area contributed by atoms with Gasteiger partial charge in [-0.3, -0.25) is 9.69 Å². The zero-order valence-corrected chi connectivity index (χ0v) is 14.8. The number of anilines is 1. The molecule has 3 rings (SSSR count). The van der Waals surface area contributed by atoms with Gasteiger partial charge in [-0.15, -0.1) is 0 Å². The molecule has 5 heteroatoms. The molecule has 2 heterocycles. The number of piperidine rings is 1. The summed E-state index contributed by atoms with van der Waals surface area (Å²) in [4.78, 5) is 18.7. The van der Waals surface area contributed by atoms with Crippen molar-refractivity contribution in [1.29, 1.82) is 0 Å². The second-order valence-electron chi connectivity index (χ2n) is 6.58. The van der Waals surface area contributed by atoms with E-state index < -0.39 is 0 Å². The normalized spacial score (nSPS) is 16.8. The van der Waals surface area contributed by atoms with Crippen LogP contribution in [0.4, 0.5) is 5.13 Å². The summed E-state index contributed by atoms with van der Waals surface area (Å²) in [6.07, 6.45) is 4.01. The van der Waals surface area contributed by atoms with E-state index in [1.165, 1.54) is 31.5 Å². The highest BCUT2D eigenvalue weighted by Gasteiger charge is 2.16. The van der Waals surface area contributed by atoms with Gasteiger partial charge >= 0.3 is 0 Å². The van der Waals surface area contributed by atoms with E-state index in [-0.39, 0.29) is 5.91 Å². The minimum absolute atomic E-state index is 0.0502. The van der Waals surface area contributed by atoms with Crippen molar-refractivity contribution < 1.29 is 4.79 Å². The average molecular weight is 331 g/mol. The van der Waals surface area contributed by atoms with E-state index in [0.29, 0.717) is 11.6 Å². The SMILES string of the molecule is CCCC(=O)Nc1nc2ccc(CN3CCC(C)CC3)cc2s1. The second kappa shape index (κ2) is 7.41. The second-order valence-corrected chi connectivity index (χ2v) is 7.61. The van der Waals surface area contributed by atoms with E-state index in [2.05, 4.69) is 40.3 Å². The number of carbonyl (C=O) groups excluding carboxylic acids is 1. The average Bonchev–Trinajstić information content (AvgIpc) is 2.91. The molecule has 1 aromatic carbocycles. The van der Waals surface area contributed by atoms with Crippen LogP contribution >= 0.6 is 11.3 Å². The Kier molecular flexibility index (Phi) is 5.28. The maximum absolute atomic E-state index is 11.7. The van der Waals surface area contributed by atoms with Gasteiger partial charge < -0.3 is 5.32 Å². The molecule has 2 aromatic rings. The summed E-state index contributed by atoms with van der Waals surface area (Å²) in [6, 6.07) is 6.46.